The summed E-state index contributed by atoms with van der Waals surface area (Å²) in [4.78, 5) is 24.1. The van der Waals surface area contributed by atoms with Gasteiger partial charge in [-0.2, -0.15) is 4.31 Å². The SMILES string of the molecule is Cn1cnc(S(=O)(=O)N(Cc2ccc(S(C)(=O)=O)cc2)C2Cc3cc(Br)ccc3N(Cc3cncn3C)C2=O)c1. The number of hydrogen-bond acceptors (Lipinski definition) is 7. The van der Waals surface area contributed by atoms with Crippen LogP contribution in [0.2, 0.25) is 0 Å². The van der Waals surface area contributed by atoms with Crippen LogP contribution in [0.5, 0.6) is 0 Å². The van der Waals surface area contributed by atoms with Gasteiger partial charge in [0.05, 0.1) is 29.8 Å². The molecular formula is C26H27BrN6O5S2. The third-order valence-electron chi connectivity index (χ3n) is 6.83. The van der Waals surface area contributed by atoms with Gasteiger partial charge >= 0.3 is 0 Å². The summed E-state index contributed by atoms with van der Waals surface area (Å²) in [7, 11) is -4.20. The minimum Gasteiger partial charge on any atom is -0.339 e. The number of sulfone groups is 1. The summed E-state index contributed by atoms with van der Waals surface area (Å²) < 4.78 is 57.3. The van der Waals surface area contributed by atoms with E-state index in [9.17, 15) is 21.6 Å². The number of halogens is 1. The largest absolute Gasteiger partial charge is 0.339 e. The van der Waals surface area contributed by atoms with Crippen LogP contribution < -0.4 is 4.90 Å². The van der Waals surface area contributed by atoms with Crippen LogP contribution in [-0.4, -0.2) is 58.4 Å². The highest BCUT2D eigenvalue weighted by Crippen LogP contribution is 2.35. The van der Waals surface area contributed by atoms with Crippen molar-refractivity contribution >= 4 is 47.4 Å². The Labute approximate surface area is 241 Å². The maximum Gasteiger partial charge on any atom is 0.263 e. The summed E-state index contributed by atoms with van der Waals surface area (Å²) in [6.45, 7) is 0.0310. The second-order valence-corrected chi connectivity index (χ2v) is 14.5. The molecule has 1 aliphatic heterocycles. The lowest BCUT2D eigenvalue weighted by atomic mass is 9.96. The van der Waals surface area contributed by atoms with Crippen LogP contribution in [0.3, 0.4) is 0 Å². The fourth-order valence-corrected chi connectivity index (χ4v) is 7.27. The maximum absolute atomic E-state index is 14.2. The number of rotatable bonds is 8. The fourth-order valence-electron chi connectivity index (χ4n) is 4.69. The second-order valence-electron chi connectivity index (χ2n) is 9.76. The van der Waals surface area contributed by atoms with E-state index in [2.05, 4.69) is 25.9 Å². The van der Waals surface area contributed by atoms with Crippen molar-refractivity contribution in [2.24, 2.45) is 14.1 Å². The number of aromatic nitrogens is 4. The number of nitrogens with zero attached hydrogens (tertiary/aromatic N) is 6. The Morgan fingerprint density at radius 2 is 1.77 bits per heavy atom. The molecule has 1 unspecified atom stereocenters. The van der Waals surface area contributed by atoms with Crippen molar-refractivity contribution in [3.8, 4) is 0 Å². The van der Waals surface area contributed by atoms with Gasteiger partial charge in [0.2, 0.25) is 5.91 Å². The minimum absolute atomic E-state index is 0.116. The minimum atomic E-state index is -4.25. The number of aryl methyl sites for hydroxylation is 2. The summed E-state index contributed by atoms with van der Waals surface area (Å²) in [6, 6.07) is 10.5. The van der Waals surface area contributed by atoms with Crippen molar-refractivity contribution < 1.29 is 21.6 Å². The Morgan fingerprint density at radius 1 is 1.05 bits per heavy atom. The van der Waals surface area contributed by atoms with E-state index in [1.807, 2.05) is 25.2 Å². The number of imidazole rings is 2. The Balaban J connectivity index is 1.61. The van der Waals surface area contributed by atoms with Crippen molar-refractivity contribution in [2.75, 3.05) is 11.2 Å². The number of hydrogen-bond donors (Lipinski definition) is 0. The van der Waals surface area contributed by atoms with Gasteiger partial charge in [0.25, 0.3) is 10.0 Å². The number of sulfonamides is 1. The van der Waals surface area contributed by atoms with Gasteiger partial charge in [0.15, 0.2) is 14.9 Å². The van der Waals surface area contributed by atoms with E-state index in [1.54, 1.807) is 41.2 Å². The van der Waals surface area contributed by atoms with Crippen molar-refractivity contribution in [3.05, 3.63) is 88.8 Å². The molecule has 0 N–H and O–H groups in total. The molecule has 14 heteroatoms. The standard InChI is InChI=1S/C26H27BrN6O5S2/c1-30-15-25(29-17-30)40(37,38)33(13-18-4-7-22(8-5-18)39(3,35)36)24-11-19-10-20(27)6-9-23(19)32(26(24)34)14-21-12-28-16-31(21)2/h4-10,12,15-17,24H,11,13-14H2,1-3H3. The lowest BCUT2D eigenvalue weighted by Crippen LogP contribution is -2.54. The highest BCUT2D eigenvalue weighted by molar-refractivity contribution is 9.10. The topological polar surface area (TPSA) is 127 Å². The molecule has 0 radical (unpaired) electrons. The molecule has 2 aromatic heterocycles. The molecule has 0 saturated carbocycles. The molecule has 0 fully saturated rings. The van der Waals surface area contributed by atoms with Crippen molar-refractivity contribution in [1.82, 2.24) is 23.4 Å². The summed E-state index contributed by atoms with van der Waals surface area (Å²) >= 11 is 3.50. The molecule has 2 aromatic carbocycles. The predicted octanol–water partition coefficient (Wildman–Crippen LogP) is 2.67. The zero-order valence-corrected chi connectivity index (χ0v) is 25.2. The number of benzene rings is 2. The molecule has 210 valence electrons. The Bertz CT molecular complexity index is 1800. The van der Waals surface area contributed by atoms with E-state index in [1.165, 1.54) is 29.2 Å². The second kappa shape index (κ2) is 10.6. The van der Waals surface area contributed by atoms with Gasteiger partial charge in [-0.15, -0.1) is 0 Å². The average Bonchev–Trinajstić information content (AvgIpc) is 3.52. The third kappa shape index (κ3) is 5.48. The predicted molar refractivity (Wildman–Crippen MR) is 152 cm³/mol. The van der Waals surface area contributed by atoms with Crippen molar-refractivity contribution in [1.29, 1.82) is 0 Å². The lowest BCUT2D eigenvalue weighted by molar-refractivity contribution is -0.123. The van der Waals surface area contributed by atoms with Crippen LogP contribution in [0.25, 0.3) is 0 Å². The van der Waals surface area contributed by atoms with Crippen molar-refractivity contribution in [3.63, 3.8) is 0 Å². The smallest absolute Gasteiger partial charge is 0.263 e. The average molecular weight is 648 g/mol. The third-order valence-corrected chi connectivity index (χ3v) is 10.2. The first kappa shape index (κ1) is 28.2. The van der Waals surface area contributed by atoms with E-state index in [4.69, 9.17) is 0 Å². The van der Waals surface area contributed by atoms with Gasteiger partial charge in [-0.1, -0.05) is 28.1 Å². The lowest BCUT2D eigenvalue weighted by Gasteiger charge is -2.38. The molecule has 1 amide bonds. The van der Waals surface area contributed by atoms with Gasteiger partial charge in [0, 0.05) is 55.9 Å². The molecule has 0 bridgehead atoms. The highest BCUT2D eigenvalue weighted by Gasteiger charge is 2.43. The van der Waals surface area contributed by atoms with E-state index in [-0.39, 0.29) is 35.3 Å². The van der Waals surface area contributed by atoms with Crippen LogP contribution in [0.4, 0.5) is 5.69 Å². The first-order valence-electron chi connectivity index (χ1n) is 12.2. The number of carbonyl (C=O) groups excluding carboxylic acids is 1. The number of anilines is 1. The van der Waals surface area contributed by atoms with Gasteiger partial charge < -0.3 is 14.0 Å². The molecule has 40 heavy (non-hydrogen) atoms. The molecule has 11 nitrogen and oxygen atoms in total. The summed E-state index contributed by atoms with van der Waals surface area (Å²) in [5.74, 6) is -0.386. The van der Waals surface area contributed by atoms with E-state index < -0.39 is 25.9 Å². The molecule has 1 atom stereocenters. The van der Waals surface area contributed by atoms with Gasteiger partial charge in [-0.3, -0.25) is 4.79 Å². The molecule has 4 aromatic rings. The van der Waals surface area contributed by atoms with E-state index in [0.717, 1.165) is 26.3 Å². The summed E-state index contributed by atoms with van der Waals surface area (Å²) in [5.41, 5.74) is 2.80. The van der Waals surface area contributed by atoms with Crippen LogP contribution in [0.15, 0.2) is 81.9 Å². The van der Waals surface area contributed by atoms with Crippen LogP contribution in [0.1, 0.15) is 16.8 Å². The molecule has 0 spiro atoms. The van der Waals surface area contributed by atoms with Gasteiger partial charge in [-0.25, -0.2) is 26.8 Å². The monoisotopic (exact) mass is 646 g/mol. The molecule has 0 saturated heterocycles. The molecule has 5 rings (SSSR count). The quantitative estimate of drug-likeness (QED) is 0.288. The molecule has 1 aliphatic rings. The summed E-state index contributed by atoms with van der Waals surface area (Å²) in [6.07, 6.45) is 7.33. The molecule has 0 aliphatic carbocycles. The highest BCUT2D eigenvalue weighted by atomic mass is 79.9. The van der Waals surface area contributed by atoms with Crippen LogP contribution in [-0.2, 0) is 58.3 Å². The number of carbonyl (C=O) groups is 1. The zero-order valence-electron chi connectivity index (χ0n) is 22.0. The Hall–Kier alpha value is -3.33. The maximum atomic E-state index is 14.2. The van der Waals surface area contributed by atoms with E-state index >= 15 is 0 Å². The van der Waals surface area contributed by atoms with Crippen LogP contribution >= 0.6 is 15.9 Å². The van der Waals surface area contributed by atoms with Crippen LogP contribution in [0, 0.1) is 0 Å². The molecule has 3 heterocycles. The van der Waals surface area contributed by atoms with Crippen molar-refractivity contribution in [2.45, 2.75) is 35.5 Å². The van der Waals surface area contributed by atoms with Gasteiger partial charge in [0.1, 0.15) is 6.04 Å². The normalized spacial score (nSPS) is 16.0. The Morgan fingerprint density at radius 3 is 2.38 bits per heavy atom. The number of amides is 1. The number of fused-ring (bicyclic) bond motifs is 1. The first-order chi connectivity index (χ1) is 18.8. The zero-order chi connectivity index (χ0) is 28.8. The summed E-state index contributed by atoms with van der Waals surface area (Å²) in [5, 5.41) is -0.186. The van der Waals surface area contributed by atoms with Gasteiger partial charge in [-0.05, 0) is 41.5 Å². The first-order valence-corrected chi connectivity index (χ1v) is 16.3. The molecular weight excluding hydrogens is 620 g/mol. The fraction of sp³-hybridized carbons (Fsp3) is 0.269. The van der Waals surface area contributed by atoms with E-state index in [0.29, 0.717) is 11.3 Å². The Kier molecular flexibility index (Phi) is 7.46.